The largest absolute Gasteiger partial charge is 0.365 e. The van der Waals surface area contributed by atoms with Crippen molar-refractivity contribution in [3.8, 4) is 0 Å². The minimum absolute atomic E-state index is 0.00667. The maximum Gasteiger partial charge on any atom is 0.238 e. The molecule has 4 aliphatic rings. The first-order valence-electron chi connectivity index (χ1n) is 8.38. The quantitative estimate of drug-likeness (QED) is 0.797. The first-order valence-corrected chi connectivity index (χ1v) is 8.38. The SMILES string of the molecule is NCC(=O)Nc1ccc(NC23CC4CC(CC(C4)C2)C3)nc1. The molecule has 4 aliphatic carbocycles. The van der Waals surface area contributed by atoms with Gasteiger partial charge < -0.3 is 16.4 Å². The Morgan fingerprint density at radius 1 is 1.18 bits per heavy atom. The third-order valence-electron chi connectivity index (χ3n) is 5.66. The first kappa shape index (κ1) is 14.0. The van der Waals surface area contributed by atoms with Crippen molar-refractivity contribution in [2.45, 2.75) is 44.1 Å². The van der Waals surface area contributed by atoms with Crippen LogP contribution in [0.5, 0.6) is 0 Å². The minimum atomic E-state index is -0.191. The molecule has 0 saturated heterocycles. The molecule has 22 heavy (non-hydrogen) atoms. The van der Waals surface area contributed by atoms with Crippen LogP contribution in [0.1, 0.15) is 38.5 Å². The van der Waals surface area contributed by atoms with Crippen molar-refractivity contribution in [3.63, 3.8) is 0 Å². The van der Waals surface area contributed by atoms with Crippen LogP contribution in [0.25, 0.3) is 0 Å². The number of nitrogens with zero attached hydrogens (tertiary/aromatic N) is 1. The second kappa shape index (κ2) is 5.23. The number of rotatable bonds is 4. The predicted molar refractivity (Wildman–Crippen MR) is 86.4 cm³/mol. The fraction of sp³-hybridized carbons (Fsp3) is 0.647. The molecule has 0 spiro atoms. The van der Waals surface area contributed by atoms with E-state index in [0.29, 0.717) is 5.69 Å². The van der Waals surface area contributed by atoms with Crippen LogP contribution < -0.4 is 16.4 Å². The zero-order valence-corrected chi connectivity index (χ0v) is 12.8. The van der Waals surface area contributed by atoms with Crippen molar-refractivity contribution < 1.29 is 4.79 Å². The summed E-state index contributed by atoms with van der Waals surface area (Å²) in [4.78, 5) is 15.8. The van der Waals surface area contributed by atoms with E-state index >= 15 is 0 Å². The van der Waals surface area contributed by atoms with Crippen LogP contribution in [0.4, 0.5) is 11.5 Å². The van der Waals surface area contributed by atoms with Crippen LogP contribution in [0, 0.1) is 17.8 Å². The third kappa shape index (κ3) is 2.58. The molecule has 4 fully saturated rings. The Labute approximate surface area is 131 Å². The highest BCUT2D eigenvalue weighted by Gasteiger charge is 2.50. The molecule has 5 rings (SSSR count). The Balaban J connectivity index is 1.46. The highest BCUT2D eigenvalue weighted by Crippen LogP contribution is 2.56. The monoisotopic (exact) mass is 300 g/mol. The molecule has 1 aromatic rings. The molecule has 118 valence electrons. The molecule has 0 atom stereocenters. The van der Waals surface area contributed by atoms with Gasteiger partial charge in [-0.2, -0.15) is 0 Å². The molecular weight excluding hydrogens is 276 g/mol. The number of carbonyl (C=O) groups is 1. The number of carbonyl (C=O) groups excluding carboxylic acids is 1. The summed E-state index contributed by atoms with van der Waals surface area (Å²) in [6.45, 7) is -0.00667. The topological polar surface area (TPSA) is 80.0 Å². The van der Waals surface area contributed by atoms with Crippen molar-refractivity contribution in [2.75, 3.05) is 17.2 Å². The lowest BCUT2D eigenvalue weighted by Gasteiger charge is -2.57. The van der Waals surface area contributed by atoms with E-state index in [-0.39, 0.29) is 18.0 Å². The molecule has 1 amide bonds. The number of amides is 1. The fourth-order valence-electron chi connectivity index (χ4n) is 5.29. The maximum atomic E-state index is 11.3. The van der Waals surface area contributed by atoms with Crippen molar-refractivity contribution in [2.24, 2.45) is 23.5 Å². The van der Waals surface area contributed by atoms with E-state index in [1.54, 1.807) is 6.20 Å². The molecule has 1 aromatic heterocycles. The van der Waals surface area contributed by atoms with Crippen LogP contribution >= 0.6 is 0 Å². The highest BCUT2D eigenvalue weighted by atomic mass is 16.1. The third-order valence-corrected chi connectivity index (χ3v) is 5.66. The summed E-state index contributed by atoms with van der Waals surface area (Å²) < 4.78 is 0. The Hall–Kier alpha value is -1.62. The Bertz CT molecular complexity index is 533. The zero-order valence-electron chi connectivity index (χ0n) is 12.8. The number of nitrogens with one attached hydrogen (secondary N) is 2. The van der Waals surface area contributed by atoms with Crippen LogP contribution in [-0.2, 0) is 4.79 Å². The van der Waals surface area contributed by atoms with Crippen LogP contribution in [-0.4, -0.2) is 23.0 Å². The molecule has 4 N–H and O–H groups in total. The van der Waals surface area contributed by atoms with E-state index in [9.17, 15) is 4.79 Å². The Morgan fingerprint density at radius 3 is 2.32 bits per heavy atom. The first-order chi connectivity index (χ1) is 10.6. The molecule has 1 heterocycles. The molecule has 4 saturated carbocycles. The number of hydrogen-bond donors (Lipinski definition) is 3. The summed E-state index contributed by atoms with van der Waals surface area (Å²) in [5, 5.41) is 6.46. The van der Waals surface area contributed by atoms with Gasteiger partial charge in [0.2, 0.25) is 5.91 Å². The van der Waals surface area contributed by atoms with E-state index < -0.39 is 0 Å². The molecule has 0 aromatic carbocycles. The number of hydrogen-bond acceptors (Lipinski definition) is 4. The average Bonchev–Trinajstić information content (AvgIpc) is 2.47. The second-order valence-corrected chi connectivity index (χ2v) is 7.51. The molecule has 0 radical (unpaired) electrons. The summed E-state index contributed by atoms with van der Waals surface area (Å²) in [6, 6.07) is 3.86. The molecule has 5 nitrogen and oxygen atoms in total. The lowest BCUT2D eigenvalue weighted by atomic mass is 9.53. The van der Waals surface area contributed by atoms with Gasteiger partial charge in [-0.05, 0) is 68.4 Å². The number of nitrogens with two attached hydrogens (primary N) is 1. The van der Waals surface area contributed by atoms with Gasteiger partial charge in [0, 0.05) is 5.54 Å². The normalized spacial score (nSPS) is 35.4. The average molecular weight is 300 g/mol. The molecule has 4 bridgehead atoms. The van der Waals surface area contributed by atoms with Gasteiger partial charge in [-0.15, -0.1) is 0 Å². The fourth-order valence-corrected chi connectivity index (χ4v) is 5.29. The second-order valence-electron chi connectivity index (χ2n) is 7.51. The van der Waals surface area contributed by atoms with Crippen LogP contribution in [0.3, 0.4) is 0 Å². The maximum absolute atomic E-state index is 11.3. The van der Waals surface area contributed by atoms with Crippen LogP contribution in [0.2, 0.25) is 0 Å². The summed E-state index contributed by atoms with van der Waals surface area (Å²) in [6.07, 6.45) is 9.93. The van der Waals surface area contributed by atoms with Gasteiger partial charge in [0.15, 0.2) is 0 Å². The van der Waals surface area contributed by atoms with Crippen molar-refractivity contribution >= 4 is 17.4 Å². The summed E-state index contributed by atoms with van der Waals surface area (Å²) >= 11 is 0. The van der Waals surface area contributed by atoms with E-state index in [4.69, 9.17) is 5.73 Å². The van der Waals surface area contributed by atoms with Crippen molar-refractivity contribution in [1.82, 2.24) is 4.98 Å². The van der Waals surface area contributed by atoms with E-state index in [2.05, 4.69) is 15.6 Å². The lowest BCUT2D eigenvalue weighted by molar-refractivity contribution is -0.114. The molecule has 0 unspecified atom stereocenters. The van der Waals surface area contributed by atoms with Gasteiger partial charge in [0.05, 0.1) is 18.4 Å². The Morgan fingerprint density at radius 2 is 1.82 bits per heavy atom. The van der Waals surface area contributed by atoms with Gasteiger partial charge in [0.1, 0.15) is 5.82 Å². The number of anilines is 2. The zero-order chi connectivity index (χ0) is 15.2. The van der Waals surface area contributed by atoms with Gasteiger partial charge in [0.25, 0.3) is 0 Å². The predicted octanol–water partition coefficient (Wildman–Crippen LogP) is 2.36. The number of pyridine rings is 1. The number of aromatic nitrogens is 1. The summed E-state index contributed by atoms with van der Waals surface area (Å²) in [5.74, 6) is 3.49. The van der Waals surface area contributed by atoms with Crippen molar-refractivity contribution in [1.29, 1.82) is 0 Å². The molecule has 0 aliphatic heterocycles. The van der Waals surface area contributed by atoms with E-state index in [1.165, 1.54) is 38.5 Å². The summed E-state index contributed by atoms with van der Waals surface area (Å²) in [5.41, 5.74) is 6.27. The van der Waals surface area contributed by atoms with Gasteiger partial charge >= 0.3 is 0 Å². The van der Waals surface area contributed by atoms with E-state index in [0.717, 1.165) is 23.6 Å². The smallest absolute Gasteiger partial charge is 0.238 e. The van der Waals surface area contributed by atoms with Gasteiger partial charge in [-0.3, -0.25) is 4.79 Å². The summed E-state index contributed by atoms with van der Waals surface area (Å²) in [7, 11) is 0. The van der Waals surface area contributed by atoms with Gasteiger partial charge in [-0.1, -0.05) is 0 Å². The highest BCUT2D eigenvalue weighted by molar-refractivity contribution is 5.91. The molecule has 5 heteroatoms. The van der Waals surface area contributed by atoms with Gasteiger partial charge in [-0.25, -0.2) is 4.98 Å². The van der Waals surface area contributed by atoms with Crippen molar-refractivity contribution in [3.05, 3.63) is 18.3 Å². The Kier molecular flexibility index (Phi) is 3.33. The lowest BCUT2D eigenvalue weighted by Crippen LogP contribution is -2.54. The molecular formula is C17H24N4O. The van der Waals surface area contributed by atoms with Crippen LogP contribution in [0.15, 0.2) is 18.3 Å². The minimum Gasteiger partial charge on any atom is -0.365 e. The standard InChI is InChI=1S/C17H24N4O/c18-9-16(22)20-14-1-2-15(19-10-14)21-17-6-11-3-12(7-17)5-13(4-11)8-17/h1-2,10-13H,3-9,18H2,(H,19,21)(H,20,22). The van der Waals surface area contributed by atoms with E-state index in [1.807, 2.05) is 12.1 Å².